The predicted octanol–water partition coefficient (Wildman–Crippen LogP) is 6.72. The first-order valence-electron chi connectivity index (χ1n) is 14.5. The Morgan fingerprint density at radius 2 is 1.78 bits per heavy atom. The number of Topliss-reactive ketones (excluding diaryl/α,β-unsaturated/α-hetero) is 1. The van der Waals surface area contributed by atoms with Gasteiger partial charge in [0.05, 0.1) is 24.3 Å². The highest BCUT2D eigenvalue weighted by molar-refractivity contribution is 8.00. The number of ketones is 1. The largest absolute Gasteiger partial charge is 0.507 e. The van der Waals surface area contributed by atoms with Gasteiger partial charge in [0, 0.05) is 17.7 Å². The molecule has 0 radical (unpaired) electrons. The Balaban J connectivity index is 1.26. The number of thioether (sulfide) groups is 1. The Morgan fingerprint density at radius 1 is 1.02 bits per heavy atom. The average molecular weight is 650 g/mol. The van der Waals surface area contributed by atoms with Gasteiger partial charge in [-0.15, -0.1) is 10.2 Å². The van der Waals surface area contributed by atoms with Crippen LogP contribution in [0.2, 0.25) is 0 Å². The van der Waals surface area contributed by atoms with Crippen LogP contribution in [0.4, 0.5) is 5.13 Å². The van der Waals surface area contributed by atoms with Crippen molar-refractivity contribution in [1.29, 1.82) is 0 Å². The molecule has 2 atom stereocenters. The van der Waals surface area contributed by atoms with Crippen molar-refractivity contribution >= 4 is 62.4 Å². The van der Waals surface area contributed by atoms with E-state index in [1.54, 1.807) is 42.5 Å². The van der Waals surface area contributed by atoms with Crippen LogP contribution < -0.4 is 9.64 Å². The summed E-state index contributed by atoms with van der Waals surface area (Å²) in [6.07, 6.45) is 0.657. The van der Waals surface area contributed by atoms with Crippen molar-refractivity contribution in [2.45, 2.75) is 35.6 Å². The normalized spacial score (nSPS) is 18.5. The number of methoxy groups -OCH3 is 1. The van der Waals surface area contributed by atoms with Gasteiger partial charge in [0.25, 0.3) is 5.78 Å². The molecule has 1 N–H and O–H groups in total. The number of amides is 1. The summed E-state index contributed by atoms with van der Waals surface area (Å²) in [6.45, 7) is 1.96. The second-order valence-electron chi connectivity index (χ2n) is 11.0. The molecule has 3 heterocycles. The maximum atomic E-state index is 13.7. The fourth-order valence-electron chi connectivity index (χ4n) is 5.91. The molecule has 4 aromatic carbocycles. The van der Waals surface area contributed by atoms with E-state index in [-0.39, 0.29) is 22.6 Å². The third-order valence-electron chi connectivity index (χ3n) is 8.09. The van der Waals surface area contributed by atoms with Gasteiger partial charge in [-0.1, -0.05) is 77.7 Å². The monoisotopic (exact) mass is 649 g/mol. The number of aliphatic hydroxyl groups is 1. The zero-order valence-corrected chi connectivity index (χ0v) is 26.4. The number of carbonyl (C=O) groups excluding carboxylic acids is 3. The van der Waals surface area contributed by atoms with Crippen molar-refractivity contribution in [3.05, 3.63) is 118 Å². The van der Waals surface area contributed by atoms with Gasteiger partial charge < -0.3 is 14.6 Å². The van der Waals surface area contributed by atoms with E-state index in [0.29, 0.717) is 33.2 Å². The molecule has 7 rings (SSSR count). The highest BCUT2D eigenvalue weighted by Crippen LogP contribution is 2.45. The van der Waals surface area contributed by atoms with Crippen LogP contribution in [-0.4, -0.2) is 46.2 Å². The Kier molecular flexibility index (Phi) is 7.79. The third-order valence-corrected chi connectivity index (χ3v) is 10.2. The minimum absolute atomic E-state index is 0.00335. The van der Waals surface area contributed by atoms with Crippen molar-refractivity contribution in [3.8, 4) is 5.75 Å². The van der Waals surface area contributed by atoms with Crippen LogP contribution in [0, 0.1) is 0 Å². The van der Waals surface area contributed by atoms with E-state index in [1.165, 1.54) is 35.1 Å². The van der Waals surface area contributed by atoms with Crippen LogP contribution in [0.15, 0.2) is 94.8 Å². The van der Waals surface area contributed by atoms with Gasteiger partial charge in [0.2, 0.25) is 5.13 Å². The third kappa shape index (κ3) is 5.31. The molecule has 230 valence electrons. The lowest BCUT2D eigenvalue weighted by atomic mass is 9.94. The second kappa shape index (κ2) is 12.1. The number of esters is 1. The molecule has 1 saturated heterocycles. The topological polar surface area (TPSA) is 119 Å². The number of rotatable bonds is 7. The smallest absolute Gasteiger partial charge is 0.337 e. The first kappa shape index (κ1) is 29.7. The van der Waals surface area contributed by atoms with E-state index < -0.39 is 23.7 Å². The molecule has 1 amide bonds. The number of benzene rings is 4. The van der Waals surface area contributed by atoms with Gasteiger partial charge in [0.1, 0.15) is 17.6 Å². The summed E-state index contributed by atoms with van der Waals surface area (Å²) < 4.78 is 11.3. The van der Waals surface area contributed by atoms with Crippen molar-refractivity contribution in [2.75, 3.05) is 12.0 Å². The summed E-state index contributed by atoms with van der Waals surface area (Å²) in [5.41, 5.74) is 3.17. The van der Waals surface area contributed by atoms with E-state index in [4.69, 9.17) is 9.47 Å². The van der Waals surface area contributed by atoms with Crippen LogP contribution in [0.25, 0.3) is 16.5 Å². The second-order valence-corrected chi connectivity index (χ2v) is 13.2. The number of hydrogen-bond acceptors (Lipinski definition) is 10. The zero-order valence-electron chi connectivity index (χ0n) is 24.8. The van der Waals surface area contributed by atoms with E-state index >= 15 is 0 Å². The molecule has 0 spiro atoms. The number of aliphatic hydroxyl groups excluding tert-OH is 1. The summed E-state index contributed by atoms with van der Waals surface area (Å²) in [6, 6.07) is 24.9. The Labute approximate surface area is 272 Å². The molecule has 46 heavy (non-hydrogen) atoms. The number of fused-ring (bicyclic) bond motifs is 2. The highest BCUT2D eigenvalue weighted by atomic mass is 32.2. The number of nitrogens with zero attached hydrogens (tertiary/aromatic N) is 3. The number of carbonyl (C=O) groups is 3. The quantitative estimate of drug-likeness (QED) is 0.0512. The molecule has 0 aliphatic carbocycles. The summed E-state index contributed by atoms with van der Waals surface area (Å²) in [7, 11) is 1.29. The van der Waals surface area contributed by atoms with Gasteiger partial charge in [-0.25, -0.2) is 4.79 Å². The lowest BCUT2D eigenvalue weighted by molar-refractivity contribution is -0.132. The molecule has 5 aromatic rings. The van der Waals surface area contributed by atoms with Gasteiger partial charge in [-0.3, -0.25) is 14.5 Å². The molecular weight excluding hydrogens is 623 g/mol. The number of aromatic nitrogens is 2. The van der Waals surface area contributed by atoms with Gasteiger partial charge >= 0.3 is 11.9 Å². The van der Waals surface area contributed by atoms with Gasteiger partial charge in [-0.2, -0.15) is 0 Å². The fourth-order valence-corrected chi connectivity index (χ4v) is 7.78. The summed E-state index contributed by atoms with van der Waals surface area (Å²) >= 11 is 2.68. The van der Waals surface area contributed by atoms with Crippen LogP contribution in [0.3, 0.4) is 0 Å². The molecular formula is C35H27N3O6S2. The van der Waals surface area contributed by atoms with E-state index in [0.717, 1.165) is 27.6 Å². The number of hydrogen-bond donors (Lipinski definition) is 1. The molecule has 1 fully saturated rings. The minimum Gasteiger partial charge on any atom is -0.507 e. The van der Waals surface area contributed by atoms with Crippen molar-refractivity contribution in [3.63, 3.8) is 0 Å². The summed E-state index contributed by atoms with van der Waals surface area (Å²) in [5, 5.41) is 22.8. The Hall–Kier alpha value is -5.00. The van der Waals surface area contributed by atoms with Crippen molar-refractivity contribution in [1.82, 2.24) is 10.2 Å². The van der Waals surface area contributed by atoms with Gasteiger partial charge in [0.15, 0.2) is 4.34 Å². The average Bonchev–Trinajstić information content (AvgIpc) is 3.77. The maximum absolute atomic E-state index is 13.7. The van der Waals surface area contributed by atoms with Crippen LogP contribution in [-0.2, 0) is 26.5 Å². The first-order chi connectivity index (χ1) is 22.3. The molecule has 1 aromatic heterocycles. The summed E-state index contributed by atoms with van der Waals surface area (Å²) in [5.74, 6) is -1.14. The molecule has 2 aliphatic heterocycles. The van der Waals surface area contributed by atoms with E-state index in [2.05, 4.69) is 34.5 Å². The van der Waals surface area contributed by atoms with Crippen LogP contribution in [0.1, 0.15) is 45.6 Å². The van der Waals surface area contributed by atoms with Crippen molar-refractivity contribution in [2.24, 2.45) is 0 Å². The van der Waals surface area contributed by atoms with Gasteiger partial charge in [-0.05, 0) is 64.7 Å². The molecule has 9 nitrogen and oxygen atoms in total. The predicted molar refractivity (Wildman–Crippen MR) is 176 cm³/mol. The molecule has 2 aliphatic rings. The molecule has 11 heteroatoms. The fraction of sp³-hybridized carbons (Fsp3) is 0.171. The summed E-state index contributed by atoms with van der Waals surface area (Å²) in [4.78, 5) is 40.8. The molecule has 2 unspecified atom stereocenters. The first-order valence-corrected chi connectivity index (χ1v) is 16.3. The highest BCUT2D eigenvalue weighted by Gasteiger charge is 2.48. The van der Waals surface area contributed by atoms with E-state index in [9.17, 15) is 19.5 Å². The number of anilines is 1. The number of ether oxygens (including phenoxy) is 2. The SMILES string of the molecule is COC(=O)c1ccc(C2/C(=C(/O)c3ccc4c(c3)CC(C)O4)C(=O)C(=O)N2c2nnc(SCc3cccc4ccccc34)s2)cc1. The zero-order chi connectivity index (χ0) is 31.9. The Bertz CT molecular complexity index is 2050. The lowest BCUT2D eigenvalue weighted by Gasteiger charge is -2.22. The van der Waals surface area contributed by atoms with Crippen LogP contribution >= 0.6 is 23.1 Å². The maximum Gasteiger partial charge on any atom is 0.337 e. The molecule has 0 saturated carbocycles. The standard InChI is InChI=1S/C35H27N3O6S2/c1-19-16-25-17-23(14-15-27(25)44-19)30(39)28-29(21-10-12-22(13-11-21)33(42)43-2)38(32(41)31(28)40)34-36-37-35(46-34)45-18-24-8-5-7-20-6-3-4-9-26(20)24/h3-15,17,19,29,39H,16,18H2,1-2H3/b30-28-. The minimum atomic E-state index is -1.01. The lowest BCUT2D eigenvalue weighted by Crippen LogP contribution is -2.29. The Morgan fingerprint density at radius 3 is 2.59 bits per heavy atom. The van der Waals surface area contributed by atoms with Crippen LogP contribution in [0.5, 0.6) is 5.75 Å². The van der Waals surface area contributed by atoms with Crippen molar-refractivity contribution < 1.29 is 29.0 Å². The molecule has 0 bridgehead atoms. The van der Waals surface area contributed by atoms with E-state index in [1.807, 2.05) is 25.1 Å².